The van der Waals surface area contributed by atoms with Crippen molar-refractivity contribution in [2.75, 3.05) is 25.1 Å². The summed E-state index contributed by atoms with van der Waals surface area (Å²) in [5.74, 6) is 0.797. The highest BCUT2D eigenvalue weighted by atomic mass is 16.5. The minimum Gasteiger partial charge on any atom is -0.488 e. The molecule has 1 amide bonds. The Morgan fingerprint density at radius 2 is 2.40 bits per heavy atom. The lowest BCUT2D eigenvalue weighted by Gasteiger charge is -2.13. The van der Waals surface area contributed by atoms with Crippen LogP contribution in [0.2, 0.25) is 0 Å². The molecule has 0 saturated carbocycles. The van der Waals surface area contributed by atoms with Crippen LogP contribution in [0.3, 0.4) is 0 Å². The second kappa shape index (κ2) is 5.81. The highest BCUT2D eigenvalue weighted by molar-refractivity contribution is 6.02. The summed E-state index contributed by atoms with van der Waals surface area (Å²) < 4.78 is 11.2. The first-order valence-corrected chi connectivity index (χ1v) is 7.20. The van der Waals surface area contributed by atoms with Crippen LogP contribution in [0, 0.1) is 0 Å². The first kappa shape index (κ1) is 13.4. The van der Waals surface area contributed by atoms with Crippen LogP contribution in [0.15, 0.2) is 18.2 Å². The molecular formula is C15H20N2O3. The molecule has 5 nitrogen and oxygen atoms in total. The number of hydrogen-bond acceptors (Lipinski definition) is 4. The molecule has 2 aliphatic heterocycles. The molecule has 1 aromatic rings. The summed E-state index contributed by atoms with van der Waals surface area (Å²) in [6, 6.07) is 5.55. The van der Waals surface area contributed by atoms with Crippen molar-refractivity contribution >= 4 is 11.6 Å². The number of carbonyl (C=O) groups is 1. The summed E-state index contributed by atoms with van der Waals surface area (Å²) in [5, 5.41) is 6.17. The van der Waals surface area contributed by atoms with Gasteiger partial charge in [-0.2, -0.15) is 0 Å². The van der Waals surface area contributed by atoms with Gasteiger partial charge in [0.25, 0.3) is 0 Å². The second-order valence-corrected chi connectivity index (χ2v) is 5.23. The lowest BCUT2D eigenvalue weighted by atomic mass is 10.1. The summed E-state index contributed by atoms with van der Waals surface area (Å²) in [7, 11) is 0. The highest BCUT2D eigenvalue weighted by Crippen LogP contribution is 2.34. The monoisotopic (exact) mass is 276 g/mol. The van der Waals surface area contributed by atoms with E-state index in [1.165, 1.54) is 0 Å². The largest absolute Gasteiger partial charge is 0.488 e. The minimum atomic E-state index is -0.242. The molecule has 2 atom stereocenters. The molecule has 2 heterocycles. The van der Waals surface area contributed by atoms with Crippen LogP contribution >= 0.6 is 0 Å². The number of rotatable bonds is 5. The Kier molecular flexibility index (Phi) is 3.89. The molecular weight excluding hydrogens is 256 g/mol. The van der Waals surface area contributed by atoms with Crippen molar-refractivity contribution in [3.05, 3.63) is 23.8 Å². The van der Waals surface area contributed by atoms with Gasteiger partial charge in [-0.25, -0.2) is 0 Å². The zero-order chi connectivity index (χ0) is 13.9. The number of nitrogens with one attached hydrogen (secondary N) is 2. The number of anilines is 1. The van der Waals surface area contributed by atoms with Crippen LogP contribution in [0.25, 0.3) is 0 Å². The van der Waals surface area contributed by atoms with Gasteiger partial charge in [-0.3, -0.25) is 4.79 Å². The molecule has 1 aromatic carbocycles. The average molecular weight is 276 g/mol. The van der Waals surface area contributed by atoms with E-state index in [1.54, 1.807) is 0 Å². The van der Waals surface area contributed by atoms with Crippen LogP contribution in [0.1, 0.15) is 31.4 Å². The van der Waals surface area contributed by atoms with Gasteiger partial charge < -0.3 is 20.1 Å². The van der Waals surface area contributed by atoms with Crippen molar-refractivity contribution < 1.29 is 14.3 Å². The van der Waals surface area contributed by atoms with E-state index in [1.807, 2.05) is 18.2 Å². The molecule has 0 aliphatic carbocycles. The van der Waals surface area contributed by atoms with E-state index < -0.39 is 0 Å². The Bertz CT molecular complexity index is 498. The zero-order valence-electron chi connectivity index (χ0n) is 11.6. The molecule has 5 heteroatoms. The van der Waals surface area contributed by atoms with Gasteiger partial charge in [0.05, 0.1) is 13.2 Å². The third-order valence-electron chi connectivity index (χ3n) is 3.64. The number of carbonyl (C=O) groups excluding carboxylic acids is 1. The van der Waals surface area contributed by atoms with Gasteiger partial charge in [0.1, 0.15) is 17.9 Å². The van der Waals surface area contributed by atoms with Gasteiger partial charge in [0, 0.05) is 23.7 Å². The summed E-state index contributed by atoms with van der Waals surface area (Å²) in [5.41, 5.74) is 1.85. The van der Waals surface area contributed by atoms with Gasteiger partial charge in [0.2, 0.25) is 5.91 Å². The Morgan fingerprint density at radius 1 is 1.50 bits per heavy atom. The molecule has 0 spiro atoms. The fourth-order valence-electron chi connectivity index (χ4n) is 2.60. The van der Waals surface area contributed by atoms with E-state index in [0.717, 1.165) is 43.0 Å². The topological polar surface area (TPSA) is 59.6 Å². The van der Waals surface area contributed by atoms with Crippen LogP contribution in [0.4, 0.5) is 5.69 Å². The third kappa shape index (κ3) is 2.64. The Hall–Kier alpha value is -1.59. The van der Waals surface area contributed by atoms with Crippen LogP contribution in [-0.4, -0.2) is 31.8 Å². The molecule has 2 unspecified atom stereocenters. The molecule has 1 saturated heterocycles. The van der Waals surface area contributed by atoms with Crippen molar-refractivity contribution in [1.82, 2.24) is 5.32 Å². The van der Waals surface area contributed by atoms with Gasteiger partial charge in [-0.15, -0.1) is 0 Å². The predicted octanol–water partition coefficient (Wildman–Crippen LogP) is 1.85. The smallest absolute Gasteiger partial charge is 0.246 e. The maximum atomic E-state index is 12.0. The van der Waals surface area contributed by atoms with Crippen molar-refractivity contribution in [3.8, 4) is 5.75 Å². The number of benzene rings is 1. The Labute approximate surface area is 118 Å². The molecule has 2 aliphatic rings. The van der Waals surface area contributed by atoms with Gasteiger partial charge in [-0.1, -0.05) is 13.0 Å². The summed E-state index contributed by atoms with van der Waals surface area (Å²) in [4.78, 5) is 12.0. The number of hydrogen-bond donors (Lipinski definition) is 2. The fourth-order valence-corrected chi connectivity index (χ4v) is 2.60. The summed E-state index contributed by atoms with van der Waals surface area (Å²) in [6.07, 6.45) is 2.05. The highest BCUT2D eigenvalue weighted by Gasteiger charge is 2.30. The maximum absolute atomic E-state index is 12.0. The van der Waals surface area contributed by atoms with Crippen molar-refractivity contribution in [1.29, 1.82) is 0 Å². The zero-order valence-corrected chi connectivity index (χ0v) is 11.6. The maximum Gasteiger partial charge on any atom is 0.246 e. The molecule has 3 rings (SSSR count). The molecule has 108 valence electrons. The summed E-state index contributed by atoms with van der Waals surface area (Å²) >= 11 is 0. The van der Waals surface area contributed by atoms with E-state index in [4.69, 9.17) is 9.47 Å². The number of ether oxygens (including phenoxy) is 2. The van der Waals surface area contributed by atoms with Crippen LogP contribution in [-0.2, 0) is 9.53 Å². The van der Waals surface area contributed by atoms with Crippen molar-refractivity contribution in [2.24, 2.45) is 0 Å². The van der Waals surface area contributed by atoms with E-state index >= 15 is 0 Å². The molecule has 0 bridgehead atoms. The predicted molar refractivity (Wildman–Crippen MR) is 76.0 cm³/mol. The lowest BCUT2D eigenvalue weighted by Crippen LogP contribution is -2.27. The third-order valence-corrected chi connectivity index (χ3v) is 3.64. The Morgan fingerprint density at radius 3 is 3.15 bits per heavy atom. The van der Waals surface area contributed by atoms with Gasteiger partial charge in [0.15, 0.2) is 0 Å². The molecule has 0 radical (unpaired) electrons. The van der Waals surface area contributed by atoms with E-state index in [2.05, 4.69) is 17.6 Å². The average Bonchev–Trinajstić information content (AvgIpc) is 3.03. The van der Waals surface area contributed by atoms with Crippen molar-refractivity contribution in [3.63, 3.8) is 0 Å². The van der Waals surface area contributed by atoms with E-state index in [0.29, 0.717) is 6.61 Å². The standard InChI is InChI=1S/C15H20N2O3/c1-2-6-16-14-12-4-3-10(8-13(12)17-15(14)18)20-11-5-7-19-9-11/h3-4,8,11,14,16H,2,5-7,9H2,1H3,(H,17,18). The molecule has 0 aromatic heterocycles. The SMILES string of the molecule is CCCNC1C(=O)Nc2cc(OC3CCOC3)ccc21. The van der Waals surface area contributed by atoms with E-state index in [-0.39, 0.29) is 18.1 Å². The first-order valence-electron chi connectivity index (χ1n) is 7.20. The fraction of sp³-hybridized carbons (Fsp3) is 0.533. The molecule has 1 fully saturated rings. The molecule has 20 heavy (non-hydrogen) atoms. The van der Waals surface area contributed by atoms with Crippen LogP contribution in [0.5, 0.6) is 5.75 Å². The van der Waals surface area contributed by atoms with Gasteiger partial charge >= 0.3 is 0 Å². The Balaban J connectivity index is 1.73. The quantitative estimate of drug-likeness (QED) is 0.861. The lowest BCUT2D eigenvalue weighted by molar-refractivity contribution is -0.117. The summed E-state index contributed by atoms with van der Waals surface area (Å²) in [6.45, 7) is 4.32. The minimum absolute atomic E-state index is 0.00907. The first-order chi connectivity index (χ1) is 9.78. The van der Waals surface area contributed by atoms with Crippen molar-refractivity contribution in [2.45, 2.75) is 31.9 Å². The molecule has 2 N–H and O–H groups in total. The number of fused-ring (bicyclic) bond motifs is 1. The van der Waals surface area contributed by atoms with Crippen LogP contribution < -0.4 is 15.4 Å². The second-order valence-electron chi connectivity index (χ2n) is 5.23. The van der Waals surface area contributed by atoms with E-state index in [9.17, 15) is 4.79 Å². The normalized spacial score (nSPS) is 24.6. The van der Waals surface area contributed by atoms with Gasteiger partial charge in [-0.05, 0) is 19.0 Å². The number of amides is 1.